The lowest BCUT2D eigenvalue weighted by molar-refractivity contribution is 0.669. The van der Waals surface area contributed by atoms with Crippen molar-refractivity contribution in [2.75, 3.05) is 0 Å². The standard InChI is InChI=1S/C39H34B10N4O/c40-26-24(27(41)31(45)34(48)30(26)44)15-12-13-18-19-8-5-9-20(36(19)54-23(18)14-15)37-50-38(25-28(42)32(46)35(49)33(47)29(25)43)52-39(51-37)53-21-10-3-1-6-16(21)17-7-2-4-11-22(17)53/h1-14H,40-49H2. The zero-order valence-corrected chi connectivity index (χ0v) is 32.8. The Hall–Kier alpha value is -5.42. The Morgan fingerprint density at radius 3 is 1.52 bits per heavy atom. The number of rotatable bonds is 4. The lowest BCUT2D eigenvalue weighted by Crippen LogP contribution is -2.55. The van der Waals surface area contributed by atoms with Gasteiger partial charge in [-0.3, -0.25) is 4.57 Å². The molecule has 3 heterocycles. The molecule has 0 aliphatic carbocycles. The summed E-state index contributed by atoms with van der Waals surface area (Å²) in [6.07, 6.45) is 0. The Morgan fingerprint density at radius 2 is 0.926 bits per heavy atom. The molecule has 6 aromatic carbocycles. The van der Waals surface area contributed by atoms with E-state index >= 15 is 0 Å². The van der Waals surface area contributed by atoms with E-state index in [9.17, 15) is 0 Å². The number of hydrogen-bond acceptors (Lipinski definition) is 4. The van der Waals surface area contributed by atoms with Gasteiger partial charge in [-0.05, 0) is 41.5 Å². The first-order chi connectivity index (χ1) is 26.0. The van der Waals surface area contributed by atoms with Crippen LogP contribution in [0.2, 0.25) is 0 Å². The molecule has 0 N–H and O–H groups in total. The van der Waals surface area contributed by atoms with Crippen molar-refractivity contribution >= 4 is 177 Å². The summed E-state index contributed by atoms with van der Waals surface area (Å²) in [6.45, 7) is 0. The van der Waals surface area contributed by atoms with E-state index in [0.717, 1.165) is 60.4 Å². The van der Waals surface area contributed by atoms with Crippen LogP contribution in [0.1, 0.15) is 0 Å². The first-order valence-electron chi connectivity index (χ1n) is 18.8. The minimum absolute atomic E-state index is 0.577. The molecule has 0 aliphatic rings. The van der Waals surface area contributed by atoms with Gasteiger partial charge in [0.15, 0.2) is 11.6 Å². The molecule has 5 nitrogen and oxygen atoms in total. The molecule has 9 rings (SSSR count). The lowest BCUT2D eigenvalue weighted by atomic mass is 9.59. The molecule has 54 heavy (non-hydrogen) atoms. The van der Waals surface area contributed by atoms with Crippen molar-refractivity contribution in [2.45, 2.75) is 0 Å². The van der Waals surface area contributed by atoms with Crippen molar-refractivity contribution < 1.29 is 4.42 Å². The summed E-state index contributed by atoms with van der Waals surface area (Å²) in [5.41, 5.74) is 20.9. The molecule has 15 heteroatoms. The fraction of sp³-hybridized carbons (Fsp3) is 0. The quantitative estimate of drug-likeness (QED) is 0.173. The topological polar surface area (TPSA) is 56.7 Å². The van der Waals surface area contributed by atoms with Gasteiger partial charge in [-0.25, -0.2) is 4.98 Å². The van der Waals surface area contributed by atoms with Crippen molar-refractivity contribution in [3.63, 3.8) is 0 Å². The molecule has 0 fully saturated rings. The Kier molecular flexibility index (Phi) is 8.00. The highest BCUT2D eigenvalue weighted by molar-refractivity contribution is 6.69. The van der Waals surface area contributed by atoms with Crippen molar-refractivity contribution in [2.24, 2.45) is 0 Å². The molecule has 0 radical (unpaired) electrons. The zero-order chi connectivity index (χ0) is 37.7. The van der Waals surface area contributed by atoms with E-state index in [-0.39, 0.29) is 0 Å². The first kappa shape index (κ1) is 34.4. The van der Waals surface area contributed by atoms with Crippen LogP contribution in [0.25, 0.3) is 83.6 Å². The molecule has 3 aromatic heterocycles. The second-order valence-electron chi connectivity index (χ2n) is 15.1. The van der Waals surface area contributed by atoms with Crippen molar-refractivity contribution in [1.82, 2.24) is 19.5 Å². The van der Waals surface area contributed by atoms with E-state index in [1.807, 2.05) is 0 Å². The molecule has 9 aromatic rings. The van der Waals surface area contributed by atoms with Crippen molar-refractivity contribution in [1.29, 1.82) is 0 Å². The van der Waals surface area contributed by atoms with Gasteiger partial charge in [0, 0.05) is 27.1 Å². The summed E-state index contributed by atoms with van der Waals surface area (Å²) >= 11 is 0. The largest absolute Gasteiger partial charge is 0.455 e. The summed E-state index contributed by atoms with van der Waals surface area (Å²) in [5.74, 6) is 1.81. The van der Waals surface area contributed by atoms with Crippen LogP contribution >= 0.6 is 0 Å². The molecule has 246 valence electrons. The Labute approximate surface area is 324 Å². The van der Waals surface area contributed by atoms with Gasteiger partial charge in [-0.15, -0.1) is 32.8 Å². The summed E-state index contributed by atoms with van der Waals surface area (Å²) in [5, 5.41) is 4.42. The molecule has 0 saturated heterocycles. The third-order valence-electron chi connectivity index (χ3n) is 12.7. The first-order valence-corrected chi connectivity index (χ1v) is 18.8. The van der Waals surface area contributed by atoms with Crippen molar-refractivity contribution in [3.8, 4) is 39.9 Å². The minimum atomic E-state index is 0.577. The number of para-hydroxylation sites is 3. The lowest BCUT2D eigenvalue weighted by Gasteiger charge is -2.20. The zero-order valence-electron chi connectivity index (χ0n) is 32.8. The summed E-state index contributed by atoms with van der Waals surface area (Å²) in [4.78, 5) is 15.9. The van der Waals surface area contributed by atoms with Crippen LogP contribution in [0.5, 0.6) is 0 Å². The van der Waals surface area contributed by atoms with Gasteiger partial charge < -0.3 is 4.42 Å². The smallest absolute Gasteiger partial charge is 0.238 e. The highest BCUT2D eigenvalue weighted by Crippen LogP contribution is 2.37. The van der Waals surface area contributed by atoms with E-state index < -0.39 is 0 Å². The van der Waals surface area contributed by atoms with Gasteiger partial charge in [0.1, 0.15) is 89.6 Å². The van der Waals surface area contributed by atoms with E-state index in [4.69, 9.17) is 19.4 Å². The highest BCUT2D eigenvalue weighted by Gasteiger charge is 2.23. The third kappa shape index (κ3) is 4.97. The molecule has 0 aliphatic heterocycles. The Balaban J connectivity index is 1.33. The number of hydrogen-bond donors (Lipinski definition) is 0. The summed E-state index contributed by atoms with van der Waals surface area (Å²) in [6, 6.07) is 29.9. The fourth-order valence-corrected chi connectivity index (χ4v) is 8.73. The van der Waals surface area contributed by atoms with Crippen LogP contribution in [0.15, 0.2) is 89.3 Å². The number of fused-ring (bicyclic) bond motifs is 6. The van der Waals surface area contributed by atoms with Gasteiger partial charge in [-0.2, -0.15) is 9.97 Å². The SMILES string of the molecule is Bc1c(B)c(B)c(-c2ccc3c(c2)oc2c(-c4nc(-c5c(B)c(B)c(B)c(B)c5B)nc(-n5c6ccccc6c6ccccc65)n4)cccc23)c(B)c1B. The maximum absolute atomic E-state index is 6.87. The number of benzene rings is 6. The predicted molar refractivity (Wildman–Crippen MR) is 260 cm³/mol. The highest BCUT2D eigenvalue weighted by atomic mass is 16.3. The van der Waals surface area contributed by atoms with Crippen LogP contribution in [0.4, 0.5) is 0 Å². The number of aromatic nitrogens is 4. The van der Waals surface area contributed by atoms with Crippen LogP contribution in [-0.4, -0.2) is 98.0 Å². The third-order valence-corrected chi connectivity index (χ3v) is 12.7. The summed E-state index contributed by atoms with van der Waals surface area (Å²) in [7, 11) is 22.1. The Morgan fingerprint density at radius 1 is 0.426 bits per heavy atom. The molecule has 0 saturated carbocycles. The van der Waals surface area contributed by atoms with Gasteiger partial charge in [-0.1, -0.05) is 76.4 Å². The van der Waals surface area contributed by atoms with E-state index in [2.05, 4.69) is 168 Å². The maximum atomic E-state index is 6.87. The monoisotopic (exact) mass is 684 g/mol. The molecule has 0 atom stereocenters. The maximum Gasteiger partial charge on any atom is 0.238 e. The normalized spacial score (nSPS) is 11.7. The fourth-order valence-electron chi connectivity index (χ4n) is 8.73. The molecule has 0 amide bonds. The average molecular weight is 683 g/mol. The average Bonchev–Trinajstić information content (AvgIpc) is 3.73. The second-order valence-corrected chi connectivity index (χ2v) is 15.1. The van der Waals surface area contributed by atoms with E-state index in [1.165, 1.54) is 60.2 Å². The van der Waals surface area contributed by atoms with Gasteiger partial charge in [0.2, 0.25) is 5.95 Å². The van der Waals surface area contributed by atoms with Gasteiger partial charge in [0.25, 0.3) is 0 Å². The van der Waals surface area contributed by atoms with E-state index in [0.29, 0.717) is 17.6 Å². The van der Waals surface area contributed by atoms with Crippen LogP contribution in [0.3, 0.4) is 0 Å². The molecule has 0 spiro atoms. The minimum Gasteiger partial charge on any atom is -0.455 e. The summed E-state index contributed by atoms with van der Waals surface area (Å²) < 4.78 is 9.05. The van der Waals surface area contributed by atoms with Gasteiger partial charge in [0.05, 0.1) is 16.6 Å². The van der Waals surface area contributed by atoms with Gasteiger partial charge >= 0.3 is 0 Å². The number of nitrogens with zero attached hydrogens (tertiary/aromatic N) is 4. The van der Waals surface area contributed by atoms with Crippen LogP contribution in [-0.2, 0) is 0 Å². The molecular weight excluding hydrogens is 649 g/mol. The van der Waals surface area contributed by atoms with Crippen molar-refractivity contribution in [3.05, 3.63) is 84.9 Å². The second kappa shape index (κ2) is 12.6. The molecule has 0 unspecified atom stereocenters. The molecular formula is C39H34B10N4O. The Bertz CT molecular complexity index is 2970. The predicted octanol–water partition coefficient (Wildman–Crippen LogP) is -7.55. The van der Waals surface area contributed by atoms with Crippen LogP contribution in [0, 0.1) is 0 Å². The van der Waals surface area contributed by atoms with E-state index in [1.54, 1.807) is 0 Å². The van der Waals surface area contributed by atoms with Crippen LogP contribution < -0.4 is 54.6 Å². The molecule has 0 bridgehead atoms. The number of furan rings is 1.